The molecule has 0 aliphatic carbocycles. The molecule has 29 heavy (non-hydrogen) atoms. The number of carbonyl (C=O) groups excluding carboxylic acids is 3. The number of ketones is 1. The van der Waals surface area contributed by atoms with Gasteiger partial charge in [0.2, 0.25) is 12.7 Å². The fourth-order valence-corrected chi connectivity index (χ4v) is 3.35. The maximum atomic E-state index is 12.3. The number of nitrogens with one attached hydrogen (secondary N) is 1. The number of hydrogen-bond donors (Lipinski definition) is 1. The molecular formula is C21H16ClNO6. The quantitative estimate of drug-likeness (QED) is 0.459. The first-order chi connectivity index (χ1) is 14.0. The van der Waals surface area contributed by atoms with E-state index in [9.17, 15) is 14.4 Å². The molecule has 0 spiro atoms. The summed E-state index contributed by atoms with van der Waals surface area (Å²) in [6.45, 7) is -0.280. The molecule has 2 aromatic rings. The summed E-state index contributed by atoms with van der Waals surface area (Å²) in [5.74, 6) is -0.0399. The van der Waals surface area contributed by atoms with E-state index in [1.807, 2.05) is 0 Å². The molecule has 148 valence electrons. The van der Waals surface area contributed by atoms with Gasteiger partial charge >= 0.3 is 5.97 Å². The third kappa shape index (κ3) is 4.25. The topological polar surface area (TPSA) is 90.9 Å². The zero-order valence-corrected chi connectivity index (χ0v) is 16.0. The zero-order valence-electron chi connectivity index (χ0n) is 15.2. The van der Waals surface area contributed by atoms with Crippen LogP contribution in [0.2, 0.25) is 5.02 Å². The summed E-state index contributed by atoms with van der Waals surface area (Å²) >= 11 is 6.10. The van der Waals surface area contributed by atoms with Gasteiger partial charge in [0, 0.05) is 23.7 Å². The standard InChI is InChI=1S/C21H16ClNO6/c22-15-7-12(8-18-21(15)29-11-28-18)1-6-20(26)27-10-17(24)14-2-4-16-13(9-14)3-5-19(25)23-16/h1-2,4,6-9H,3,5,10-11H2,(H,23,25)/b6-1+. The number of anilines is 1. The highest BCUT2D eigenvalue weighted by Crippen LogP contribution is 2.40. The van der Waals surface area contributed by atoms with E-state index in [0.717, 1.165) is 5.56 Å². The predicted molar refractivity (Wildman–Crippen MR) is 105 cm³/mol. The van der Waals surface area contributed by atoms with E-state index in [1.165, 1.54) is 12.2 Å². The molecule has 2 aliphatic rings. The molecular weight excluding hydrogens is 398 g/mol. The van der Waals surface area contributed by atoms with Crippen molar-refractivity contribution in [3.05, 3.63) is 58.1 Å². The lowest BCUT2D eigenvalue weighted by Crippen LogP contribution is -2.20. The third-order valence-electron chi connectivity index (χ3n) is 4.53. The average molecular weight is 414 g/mol. The zero-order chi connectivity index (χ0) is 20.4. The fourth-order valence-electron chi connectivity index (χ4n) is 3.07. The van der Waals surface area contributed by atoms with Crippen molar-refractivity contribution in [2.24, 2.45) is 0 Å². The van der Waals surface area contributed by atoms with E-state index in [1.54, 1.807) is 30.3 Å². The normalized spacial score (nSPS) is 14.4. The summed E-state index contributed by atoms with van der Waals surface area (Å²) in [6.07, 6.45) is 3.68. The molecule has 0 atom stereocenters. The van der Waals surface area contributed by atoms with Crippen molar-refractivity contribution in [2.75, 3.05) is 18.7 Å². The van der Waals surface area contributed by atoms with Crippen LogP contribution in [0, 0.1) is 0 Å². The van der Waals surface area contributed by atoms with Crippen LogP contribution < -0.4 is 14.8 Å². The van der Waals surface area contributed by atoms with Gasteiger partial charge < -0.3 is 19.5 Å². The molecule has 0 unspecified atom stereocenters. The van der Waals surface area contributed by atoms with Gasteiger partial charge in [-0.2, -0.15) is 0 Å². The van der Waals surface area contributed by atoms with Crippen molar-refractivity contribution in [2.45, 2.75) is 12.8 Å². The minimum atomic E-state index is -0.655. The molecule has 0 bridgehead atoms. The summed E-state index contributed by atoms with van der Waals surface area (Å²) in [5, 5.41) is 3.14. The Balaban J connectivity index is 1.35. The molecule has 2 aliphatic heterocycles. The number of fused-ring (bicyclic) bond motifs is 2. The second kappa shape index (κ2) is 7.97. The van der Waals surface area contributed by atoms with Crippen LogP contribution in [0.4, 0.5) is 5.69 Å². The number of rotatable bonds is 5. The number of amides is 1. The Morgan fingerprint density at radius 1 is 1.17 bits per heavy atom. The van der Waals surface area contributed by atoms with Gasteiger partial charge in [-0.15, -0.1) is 0 Å². The molecule has 2 aromatic carbocycles. The third-order valence-corrected chi connectivity index (χ3v) is 4.81. The Hall–Kier alpha value is -3.32. The molecule has 0 radical (unpaired) electrons. The lowest BCUT2D eigenvalue weighted by atomic mass is 9.99. The number of Topliss-reactive ketones (excluding diaryl/α,β-unsaturated/α-hetero) is 1. The lowest BCUT2D eigenvalue weighted by Gasteiger charge is -2.17. The number of aryl methyl sites for hydroxylation is 1. The van der Waals surface area contributed by atoms with Crippen LogP contribution >= 0.6 is 11.6 Å². The van der Waals surface area contributed by atoms with Gasteiger partial charge in [-0.1, -0.05) is 11.6 Å². The smallest absolute Gasteiger partial charge is 0.331 e. The van der Waals surface area contributed by atoms with Crippen molar-refractivity contribution in [3.63, 3.8) is 0 Å². The second-order valence-corrected chi connectivity index (χ2v) is 6.93. The Kier molecular flexibility index (Phi) is 5.22. The highest BCUT2D eigenvalue weighted by molar-refractivity contribution is 6.32. The Labute approximate surface area is 171 Å². The van der Waals surface area contributed by atoms with Crippen molar-refractivity contribution < 1.29 is 28.6 Å². The van der Waals surface area contributed by atoms with Crippen LogP contribution in [0.25, 0.3) is 6.08 Å². The van der Waals surface area contributed by atoms with E-state index in [-0.39, 0.29) is 25.1 Å². The van der Waals surface area contributed by atoms with Crippen LogP contribution in [0.1, 0.15) is 27.9 Å². The maximum absolute atomic E-state index is 12.3. The summed E-state index contributed by atoms with van der Waals surface area (Å²) in [7, 11) is 0. The molecule has 0 aromatic heterocycles. The highest BCUT2D eigenvalue weighted by Gasteiger charge is 2.18. The molecule has 1 N–H and O–H groups in total. The Morgan fingerprint density at radius 2 is 2.03 bits per heavy atom. The Morgan fingerprint density at radius 3 is 2.90 bits per heavy atom. The summed E-state index contributed by atoms with van der Waals surface area (Å²) in [5.41, 5.74) is 2.67. The van der Waals surface area contributed by atoms with Gasteiger partial charge in [0.25, 0.3) is 0 Å². The van der Waals surface area contributed by atoms with E-state index in [0.29, 0.717) is 46.2 Å². The minimum Gasteiger partial charge on any atom is -0.454 e. The predicted octanol–water partition coefficient (Wildman–Crippen LogP) is 3.39. The van der Waals surface area contributed by atoms with Crippen molar-refractivity contribution >= 4 is 41.0 Å². The van der Waals surface area contributed by atoms with Gasteiger partial charge in [0.05, 0.1) is 5.02 Å². The van der Waals surface area contributed by atoms with E-state index in [2.05, 4.69) is 5.32 Å². The van der Waals surface area contributed by atoms with Gasteiger partial charge in [0.15, 0.2) is 23.9 Å². The van der Waals surface area contributed by atoms with Crippen LogP contribution in [0.3, 0.4) is 0 Å². The summed E-state index contributed by atoms with van der Waals surface area (Å²) in [4.78, 5) is 35.6. The van der Waals surface area contributed by atoms with Gasteiger partial charge in [-0.3, -0.25) is 9.59 Å². The maximum Gasteiger partial charge on any atom is 0.331 e. The highest BCUT2D eigenvalue weighted by atomic mass is 35.5. The minimum absolute atomic E-state index is 0.0407. The lowest BCUT2D eigenvalue weighted by molar-refractivity contribution is -0.136. The van der Waals surface area contributed by atoms with Crippen LogP contribution in [-0.4, -0.2) is 31.1 Å². The van der Waals surface area contributed by atoms with E-state index < -0.39 is 5.97 Å². The van der Waals surface area contributed by atoms with E-state index in [4.69, 9.17) is 25.8 Å². The fraction of sp³-hybridized carbons (Fsp3) is 0.190. The largest absolute Gasteiger partial charge is 0.454 e. The average Bonchev–Trinajstić information content (AvgIpc) is 3.19. The number of ether oxygens (including phenoxy) is 3. The Bertz CT molecular complexity index is 1050. The molecule has 8 heteroatoms. The number of halogens is 1. The molecule has 0 saturated carbocycles. The summed E-state index contributed by atoms with van der Waals surface area (Å²) < 4.78 is 15.5. The van der Waals surface area contributed by atoms with Crippen molar-refractivity contribution in [1.82, 2.24) is 0 Å². The molecule has 4 rings (SSSR count). The monoisotopic (exact) mass is 413 g/mol. The number of carbonyl (C=O) groups is 3. The first-order valence-electron chi connectivity index (χ1n) is 8.89. The van der Waals surface area contributed by atoms with Crippen LogP contribution in [0.15, 0.2) is 36.4 Å². The number of benzene rings is 2. The number of hydrogen-bond acceptors (Lipinski definition) is 6. The summed E-state index contributed by atoms with van der Waals surface area (Å²) in [6, 6.07) is 8.33. The van der Waals surface area contributed by atoms with Gasteiger partial charge in [0.1, 0.15) is 0 Å². The van der Waals surface area contributed by atoms with Gasteiger partial charge in [-0.05, 0) is 54.0 Å². The second-order valence-electron chi connectivity index (χ2n) is 6.52. The molecule has 0 fully saturated rings. The molecule has 0 saturated heterocycles. The van der Waals surface area contributed by atoms with Gasteiger partial charge in [-0.25, -0.2) is 4.79 Å². The first kappa shape index (κ1) is 19.0. The SMILES string of the molecule is O=C1CCc2cc(C(=O)COC(=O)/C=C/c3cc(Cl)c4c(c3)OCO4)ccc2N1. The molecule has 2 heterocycles. The molecule has 1 amide bonds. The number of esters is 1. The first-order valence-corrected chi connectivity index (χ1v) is 9.27. The van der Waals surface area contributed by atoms with Crippen molar-refractivity contribution in [1.29, 1.82) is 0 Å². The molecule has 7 nitrogen and oxygen atoms in total. The van der Waals surface area contributed by atoms with Crippen LogP contribution in [0.5, 0.6) is 11.5 Å². The van der Waals surface area contributed by atoms with Crippen LogP contribution in [-0.2, 0) is 20.7 Å². The van der Waals surface area contributed by atoms with E-state index >= 15 is 0 Å². The van der Waals surface area contributed by atoms with Crippen molar-refractivity contribution in [3.8, 4) is 11.5 Å².